The van der Waals surface area contributed by atoms with Crippen LogP contribution in [0.4, 0.5) is 19.0 Å². The van der Waals surface area contributed by atoms with Gasteiger partial charge in [0.15, 0.2) is 5.78 Å². The minimum atomic E-state index is -5.54. The fourth-order valence-electron chi connectivity index (χ4n) is 2.97. The molecule has 6 nitrogen and oxygen atoms in total. The van der Waals surface area contributed by atoms with E-state index in [9.17, 15) is 31.2 Å². The molecule has 0 bridgehead atoms. The molecule has 2 aromatic carbocycles. The van der Waals surface area contributed by atoms with Crippen molar-refractivity contribution in [3.05, 3.63) is 89.1 Å². The number of hydrogen-bond acceptors (Lipinski definition) is 5. The average molecular weight is 462 g/mol. The number of Topliss-reactive ketones (excluding diaryl/α,β-unsaturated/α-hetero) is 1. The van der Waals surface area contributed by atoms with Crippen molar-refractivity contribution in [2.24, 2.45) is 0 Å². The Morgan fingerprint density at radius 3 is 2.34 bits per heavy atom. The molecule has 1 aromatic heterocycles. The van der Waals surface area contributed by atoms with Gasteiger partial charge in [-0.25, -0.2) is 13.4 Å². The first-order valence-electron chi connectivity index (χ1n) is 9.26. The number of anilines is 1. The van der Waals surface area contributed by atoms with Gasteiger partial charge in [0.05, 0.1) is 10.5 Å². The molecule has 0 atom stereocenters. The standard InChI is InChI=1S/C22H17F3N2O4S/c1-14-6-2-3-9-17(14)21(29)27-20-18(10-5-11-26-20)19(28)13-15-7-4-8-16(12-15)32(30,31)22(23,24)25/h2-12H,13H2,1H3,(H,26,27,29). The van der Waals surface area contributed by atoms with Crippen molar-refractivity contribution in [2.45, 2.75) is 23.7 Å². The van der Waals surface area contributed by atoms with E-state index in [1.54, 1.807) is 31.2 Å². The van der Waals surface area contributed by atoms with Crippen LogP contribution >= 0.6 is 0 Å². The SMILES string of the molecule is Cc1ccccc1C(=O)Nc1ncccc1C(=O)Cc1cccc(S(=O)(=O)C(F)(F)F)c1. The van der Waals surface area contributed by atoms with Crippen molar-refractivity contribution in [3.63, 3.8) is 0 Å². The molecule has 0 radical (unpaired) electrons. The number of rotatable bonds is 6. The van der Waals surface area contributed by atoms with Crippen LogP contribution in [0.25, 0.3) is 0 Å². The van der Waals surface area contributed by atoms with E-state index in [1.165, 1.54) is 24.4 Å². The number of ketones is 1. The Labute approximate surface area is 182 Å². The van der Waals surface area contributed by atoms with E-state index in [0.717, 1.165) is 23.8 Å². The highest BCUT2D eigenvalue weighted by Gasteiger charge is 2.46. The highest BCUT2D eigenvalue weighted by atomic mass is 32.2. The smallest absolute Gasteiger partial charge is 0.306 e. The third kappa shape index (κ3) is 4.86. The molecule has 1 amide bonds. The van der Waals surface area contributed by atoms with Crippen LogP contribution < -0.4 is 5.32 Å². The maximum Gasteiger partial charge on any atom is 0.501 e. The zero-order chi connectivity index (χ0) is 23.5. The molecule has 166 valence electrons. The number of pyridine rings is 1. The Morgan fingerprint density at radius 2 is 1.66 bits per heavy atom. The van der Waals surface area contributed by atoms with Gasteiger partial charge < -0.3 is 5.32 Å². The molecule has 0 aliphatic carbocycles. The van der Waals surface area contributed by atoms with E-state index in [0.29, 0.717) is 5.56 Å². The van der Waals surface area contributed by atoms with Gasteiger partial charge in [-0.1, -0.05) is 30.3 Å². The zero-order valence-corrected chi connectivity index (χ0v) is 17.5. The van der Waals surface area contributed by atoms with Gasteiger partial charge in [0.25, 0.3) is 15.7 Å². The first-order chi connectivity index (χ1) is 15.0. The minimum Gasteiger partial charge on any atom is -0.306 e. The summed E-state index contributed by atoms with van der Waals surface area (Å²) in [4.78, 5) is 28.5. The van der Waals surface area contributed by atoms with E-state index in [-0.39, 0.29) is 23.4 Å². The number of aromatic nitrogens is 1. The van der Waals surface area contributed by atoms with Crippen LogP contribution in [0, 0.1) is 6.92 Å². The summed E-state index contributed by atoms with van der Waals surface area (Å²) in [6.45, 7) is 1.75. The molecule has 1 N–H and O–H groups in total. The van der Waals surface area contributed by atoms with Gasteiger partial charge in [-0.2, -0.15) is 13.2 Å². The highest BCUT2D eigenvalue weighted by Crippen LogP contribution is 2.30. The number of halogens is 3. The van der Waals surface area contributed by atoms with Crippen molar-refractivity contribution in [1.82, 2.24) is 4.98 Å². The number of amides is 1. The number of nitrogens with zero attached hydrogens (tertiary/aromatic N) is 1. The lowest BCUT2D eigenvalue weighted by molar-refractivity contribution is -0.0436. The Bertz CT molecular complexity index is 1290. The lowest BCUT2D eigenvalue weighted by Crippen LogP contribution is -2.23. The number of sulfone groups is 1. The average Bonchev–Trinajstić information content (AvgIpc) is 2.73. The zero-order valence-electron chi connectivity index (χ0n) is 16.7. The molecule has 0 saturated heterocycles. The normalized spacial score (nSPS) is 11.8. The lowest BCUT2D eigenvalue weighted by atomic mass is 10.0. The van der Waals surface area contributed by atoms with Crippen LogP contribution in [0.3, 0.4) is 0 Å². The Balaban J connectivity index is 1.85. The topological polar surface area (TPSA) is 93.2 Å². The molecule has 0 saturated carbocycles. The lowest BCUT2D eigenvalue weighted by Gasteiger charge is -2.11. The molecule has 3 rings (SSSR count). The van der Waals surface area contributed by atoms with Gasteiger partial charge in [0, 0.05) is 18.2 Å². The summed E-state index contributed by atoms with van der Waals surface area (Å²) in [6.07, 6.45) is 0.987. The fraction of sp³-hybridized carbons (Fsp3) is 0.136. The molecule has 0 spiro atoms. The van der Waals surface area contributed by atoms with Gasteiger partial charge in [0.1, 0.15) is 5.82 Å². The Kier molecular flexibility index (Phi) is 6.45. The second-order valence-electron chi connectivity index (χ2n) is 6.87. The van der Waals surface area contributed by atoms with Crippen LogP contribution in [-0.4, -0.2) is 30.6 Å². The molecule has 32 heavy (non-hydrogen) atoms. The van der Waals surface area contributed by atoms with Crippen LogP contribution in [0.5, 0.6) is 0 Å². The third-order valence-electron chi connectivity index (χ3n) is 4.61. The predicted molar refractivity (Wildman–Crippen MR) is 111 cm³/mol. The second kappa shape index (κ2) is 8.91. The van der Waals surface area contributed by atoms with Crippen LogP contribution in [0.2, 0.25) is 0 Å². The van der Waals surface area contributed by atoms with Crippen molar-refractivity contribution in [1.29, 1.82) is 0 Å². The van der Waals surface area contributed by atoms with Crippen molar-refractivity contribution >= 4 is 27.3 Å². The number of alkyl halides is 3. The second-order valence-corrected chi connectivity index (χ2v) is 8.81. The monoisotopic (exact) mass is 462 g/mol. The fourth-order valence-corrected chi connectivity index (χ4v) is 3.80. The van der Waals surface area contributed by atoms with Gasteiger partial charge in [-0.15, -0.1) is 0 Å². The summed E-state index contributed by atoms with van der Waals surface area (Å²) in [5.74, 6) is -1.04. The maximum absolute atomic E-state index is 12.8. The molecule has 10 heteroatoms. The van der Waals surface area contributed by atoms with Crippen molar-refractivity contribution in [3.8, 4) is 0 Å². The van der Waals surface area contributed by atoms with E-state index in [2.05, 4.69) is 10.3 Å². The van der Waals surface area contributed by atoms with Crippen LogP contribution in [0.15, 0.2) is 71.8 Å². The number of benzene rings is 2. The Hall–Kier alpha value is -3.53. The van der Waals surface area contributed by atoms with Gasteiger partial charge in [-0.05, 0) is 48.4 Å². The summed E-state index contributed by atoms with van der Waals surface area (Å²) >= 11 is 0. The van der Waals surface area contributed by atoms with Gasteiger partial charge in [0.2, 0.25) is 0 Å². The molecular weight excluding hydrogens is 445 g/mol. The summed E-state index contributed by atoms with van der Waals surface area (Å²) < 4.78 is 61.7. The minimum absolute atomic E-state index is 0.00943. The van der Waals surface area contributed by atoms with E-state index in [4.69, 9.17) is 0 Å². The van der Waals surface area contributed by atoms with E-state index < -0.39 is 31.9 Å². The Morgan fingerprint density at radius 1 is 0.969 bits per heavy atom. The largest absolute Gasteiger partial charge is 0.501 e. The summed E-state index contributed by atoms with van der Waals surface area (Å²) in [5.41, 5.74) is -4.23. The number of carbonyl (C=O) groups excluding carboxylic acids is 2. The number of nitrogens with one attached hydrogen (secondary N) is 1. The molecule has 0 fully saturated rings. The summed E-state index contributed by atoms with van der Waals surface area (Å²) in [7, 11) is -5.54. The van der Waals surface area contributed by atoms with Crippen LogP contribution in [0.1, 0.15) is 31.8 Å². The maximum atomic E-state index is 12.8. The third-order valence-corrected chi connectivity index (χ3v) is 6.09. The molecule has 0 unspecified atom stereocenters. The quantitative estimate of drug-likeness (QED) is 0.550. The molecule has 0 aliphatic heterocycles. The van der Waals surface area contributed by atoms with E-state index >= 15 is 0 Å². The predicted octanol–water partition coefficient (Wildman–Crippen LogP) is 4.36. The van der Waals surface area contributed by atoms with Crippen molar-refractivity contribution in [2.75, 3.05) is 5.32 Å². The number of hydrogen-bond donors (Lipinski definition) is 1. The number of carbonyl (C=O) groups is 2. The van der Waals surface area contributed by atoms with Gasteiger partial charge >= 0.3 is 5.51 Å². The molecule has 0 aliphatic rings. The molecular formula is C22H17F3N2O4S. The highest BCUT2D eigenvalue weighted by molar-refractivity contribution is 7.92. The number of aryl methyl sites for hydroxylation is 1. The molecule has 1 heterocycles. The van der Waals surface area contributed by atoms with Gasteiger partial charge in [-0.3, -0.25) is 9.59 Å². The molecule has 3 aromatic rings. The van der Waals surface area contributed by atoms with Crippen molar-refractivity contribution < 1.29 is 31.2 Å². The van der Waals surface area contributed by atoms with Crippen LogP contribution in [-0.2, 0) is 16.3 Å². The summed E-state index contributed by atoms with van der Waals surface area (Å²) in [5, 5.41) is 2.57. The summed E-state index contributed by atoms with van der Waals surface area (Å²) in [6, 6.07) is 13.8. The first-order valence-corrected chi connectivity index (χ1v) is 10.7. The van der Waals surface area contributed by atoms with E-state index in [1.807, 2.05) is 0 Å². The first kappa shape index (κ1) is 23.1.